The van der Waals surface area contributed by atoms with Crippen LogP contribution in [0.2, 0.25) is 0 Å². The Hall–Kier alpha value is 0.813. The van der Waals surface area contributed by atoms with E-state index in [1.165, 1.54) is 0 Å². The summed E-state index contributed by atoms with van der Waals surface area (Å²) in [4.78, 5) is 36.0. The second-order valence-corrected chi connectivity index (χ2v) is 2.08. The molecule has 0 aliphatic carbocycles. The van der Waals surface area contributed by atoms with Gasteiger partial charge in [0.1, 0.15) is 0 Å². The van der Waals surface area contributed by atoms with Gasteiger partial charge < -0.3 is 32.7 Å². The number of hydrogen-bond acceptors (Lipinski definition) is 6. The zero-order chi connectivity index (χ0) is 16.3. The first-order valence-electron chi connectivity index (χ1n) is 4.21. The van der Waals surface area contributed by atoms with Crippen LogP contribution in [-0.2, 0) is 19.2 Å². The third kappa shape index (κ3) is 12400. The zero-order valence-corrected chi connectivity index (χ0v) is 12.3. The topological polar surface area (TPSA) is 219 Å². The number of hydrogen-bond donors (Lipinski definition) is 6. The minimum absolute atomic E-state index is 0. The van der Waals surface area contributed by atoms with E-state index < -0.39 is 23.9 Å². The van der Waals surface area contributed by atoms with E-state index in [4.69, 9.17) is 39.6 Å². The van der Waals surface area contributed by atoms with Crippen molar-refractivity contribution in [3.05, 3.63) is 13.2 Å². The van der Waals surface area contributed by atoms with Crippen LogP contribution in [0.5, 0.6) is 0 Å². The predicted molar refractivity (Wildman–Crippen MR) is 88.8 cm³/mol. The summed E-state index contributed by atoms with van der Waals surface area (Å²) in [6.45, 7) is 10.3. The van der Waals surface area contributed by atoms with Gasteiger partial charge >= 0.3 is 103 Å². The van der Waals surface area contributed by atoms with Gasteiger partial charge in [0, 0.05) is 27.7 Å². The average molecular weight is 383 g/mol. The summed E-state index contributed by atoms with van der Waals surface area (Å²) in [6, 6.07) is 0. The number of rotatable bonds is 0. The molecule has 0 saturated carbocycles. The van der Waals surface area contributed by atoms with E-state index in [9.17, 15) is 0 Å². The molecule has 22 heavy (non-hydrogen) atoms. The molecule has 0 spiro atoms. The number of carboxylic acids is 4. The van der Waals surface area contributed by atoms with Gasteiger partial charge in [-0.3, -0.25) is 19.2 Å². The molecular weight excluding hydrogens is 354 g/mol. The van der Waals surface area contributed by atoms with Gasteiger partial charge in [0.2, 0.25) is 0 Å². The van der Waals surface area contributed by atoms with Crippen LogP contribution in [0.1, 0.15) is 27.7 Å². The molecule has 0 radical (unpaired) electrons. The summed E-state index contributed by atoms with van der Waals surface area (Å²) in [7, 11) is 0. The first-order valence-corrected chi connectivity index (χ1v) is 4.21. The van der Waals surface area contributed by atoms with Crippen molar-refractivity contribution in [3.63, 3.8) is 0 Å². The van der Waals surface area contributed by atoms with Gasteiger partial charge in [-0.05, 0) is 0 Å². The number of aliphatic carboxylic acids is 4. The van der Waals surface area contributed by atoms with E-state index in [1.54, 1.807) is 0 Å². The van der Waals surface area contributed by atoms with Crippen LogP contribution >= 0.6 is 0 Å². The van der Waals surface area contributed by atoms with Crippen LogP contribution < -0.4 is 12.3 Å². The van der Waals surface area contributed by atoms with E-state index in [-0.39, 0.29) is 115 Å². The van der Waals surface area contributed by atoms with E-state index in [2.05, 4.69) is 13.2 Å². The fourth-order valence-electron chi connectivity index (χ4n) is 0. The molecule has 0 amide bonds. The van der Waals surface area contributed by atoms with Gasteiger partial charge in [-0.2, -0.15) is 0 Å². The monoisotopic (exact) mass is 382 g/mol. The summed E-state index contributed by atoms with van der Waals surface area (Å²) >= 11 is 0. The Kier molecular flexibility index (Phi) is 149. The first kappa shape index (κ1) is 56.9. The second kappa shape index (κ2) is 57.6. The van der Waals surface area contributed by atoms with Gasteiger partial charge in [-0.15, -0.1) is 13.2 Å². The van der Waals surface area contributed by atoms with Crippen molar-refractivity contribution in [1.82, 2.24) is 12.3 Å². The van der Waals surface area contributed by atoms with Crippen molar-refractivity contribution in [2.75, 3.05) is 0 Å². The molecule has 10 N–H and O–H groups in total. The Bertz CT molecular complexity index is 189. The van der Waals surface area contributed by atoms with Gasteiger partial charge in [0.25, 0.3) is 23.9 Å². The molecule has 0 heterocycles. The number of carbonyl (C=O) groups is 4. The molecule has 12 heteroatoms. The van der Waals surface area contributed by atoms with Crippen LogP contribution in [0, 0.1) is 0 Å². The Morgan fingerprint density at radius 2 is 0.545 bits per heavy atom. The molecule has 0 atom stereocenters. The summed E-state index contributed by atoms with van der Waals surface area (Å²) < 4.78 is 0. The molecule has 0 aromatic rings. The SMILES string of the molecule is C=C.CC(=O)O.CC(=O)O.CC(=O)O.CC(=O)O.N.N.[KH].[KH]. The third-order valence-corrected chi connectivity index (χ3v) is 0. The van der Waals surface area contributed by atoms with E-state index >= 15 is 0 Å². The fourth-order valence-corrected chi connectivity index (χ4v) is 0. The van der Waals surface area contributed by atoms with Crippen molar-refractivity contribution in [1.29, 1.82) is 0 Å². The fraction of sp³-hybridized carbons (Fsp3) is 0.400. The standard InChI is InChI=1S/4C2H4O2.C2H4.2K.2H3N.2H/c4*1-2(3)4;1-2;;;;;;/h4*1H3,(H,3,4);1-2H2;;;2*1H3;;. The van der Waals surface area contributed by atoms with Crippen LogP contribution in [0.4, 0.5) is 0 Å². The Morgan fingerprint density at radius 3 is 0.545 bits per heavy atom. The minimum atomic E-state index is -0.833. The molecule has 0 fully saturated rings. The summed E-state index contributed by atoms with van der Waals surface area (Å²) in [5, 5.41) is 29.7. The van der Waals surface area contributed by atoms with Gasteiger partial charge in [-0.25, -0.2) is 0 Å². The van der Waals surface area contributed by atoms with E-state index in [0.717, 1.165) is 27.7 Å². The van der Waals surface area contributed by atoms with Gasteiger partial charge in [-0.1, -0.05) is 0 Å². The van der Waals surface area contributed by atoms with E-state index in [1.807, 2.05) is 0 Å². The normalized spacial score (nSPS) is 4.73. The molecule has 128 valence electrons. The molecule has 0 rings (SSSR count). The summed E-state index contributed by atoms with van der Waals surface area (Å²) in [5.74, 6) is -3.33. The Morgan fingerprint density at radius 1 is 0.545 bits per heavy atom. The van der Waals surface area contributed by atoms with Crippen LogP contribution in [0.25, 0.3) is 0 Å². The molecule has 0 bridgehead atoms. The Balaban J connectivity index is -0.0000000133. The van der Waals surface area contributed by atoms with Crippen molar-refractivity contribution < 1.29 is 39.6 Å². The average Bonchev–Trinajstić information content (AvgIpc) is 2.01. The van der Waals surface area contributed by atoms with Gasteiger partial charge in [0.15, 0.2) is 0 Å². The maximum atomic E-state index is 9.00. The molecule has 0 unspecified atom stereocenters. The van der Waals surface area contributed by atoms with Crippen LogP contribution in [0.15, 0.2) is 13.2 Å². The van der Waals surface area contributed by atoms with Crippen molar-refractivity contribution in [3.8, 4) is 0 Å². The second-order valence-electron chi connectivity index (χ2n) is 2.08. The predicted octanol–water partition coefficient (Wildman–Crippen LogP) is 0.193. The molecule has 0 aromatic heterocycles. The van der Waals surface area contributed by atoms with Crippen LogP contribution in [0.3, 0.4) is 0 Å². The Labute approximate surface area is 215 Å². The zero-order valence-electron chi connectivity index (χ0n) is 12.3. The molecule has 0 aliphatic rings. The summed E-state index contributed by atoms with van der Waals surface area (Å²) in [6.07, 6.45) is 0. The molecular formula is C10H28K2N2O8. The molecule has 0 saturated heterocycles. The molecule has 10 nitrogen and oxygen atoms in total. The van der Waals surface area contributed by atoms with Crippen molar-refractivity contribution in [2.45, 2.75) is 27.7 Å². The van der Waals surface area contributed by atoms with E-state index in [0.29, 0.717) is 0 Å². The quantitative estimate of drug-likeness (QED) is 0.246. The summed E-state index contributed by atoms with van der Waals surface area (Å²) in [5.41, 5.74) is 0. The third-order valence-electron chi connectivity index (χ3n) is 0. The van der Waals surface area contributed by atoms with Gasteiger partial charge in [0.05, 0.1) is 0 Å². The number of carboxylic acid groups (broad SMARTS) is 4. The molecule has 0 aliphatic heterocycles. The molecule has 0 aromatic carbocycles. The van der Waals surface area contributed by atoms with Crippen LogP contribution in [-0.4, -0.2) is 147 Å². The van der Waals surface area contributed by atoms with Crippen molar-refractivity contribution in [2.24, 2.45) is 0 Å². The van der Waals surface area contributed by atoms with Crippen molar-refractivity contribution >= 4 is 127 Å². The first-order chi connectivity index (χ1) is 7.93. The maximum absolute atomic E-state index is 9.00.